The monoisotopic (exact) mass is 226 g/mol. The van der Waals surface area contributed by atoms with Gasteiger partial charge in [0.2, 0.25) is 5.95 Å². The minimum Gasteiger partial charge on any atom is -0.350 e. The first-order valence-corrected chi connectivity index (χ1v) is 5.62. The molecular weight excluding hydrogens is 207 g/mol. The number of anilines is 1. The van der Waals surface area contributed by atoms with E-state index in [-0.39, 0.29) is 6.04 Å². The van der Waals surface area contributed by atoms with E-state index in [0.29, 0.717) is 5.95 Å². The van der Waals surface area contributed by atoms with Gasteiger partial charge in [-0.25, -0.2) is 14.4 Å². The van der Waals surface area contributed by atoms with Gasteiger partial charge in [0.15, 0.2) is 5.82 Å². The summed E-state index contributed by atoms with van der Waals surface area (Å²) in [6.07, 6.45) is 2.33. The van der Waals surface area contributed by atoms with E-state index in [1.807, 2.05) is 0 Å². The molecule has 1 N–H and O–H groups in total. The molecule has 0 bridgehead atoms. The first kappa shape index (κ1) is 12.8. The largest absolute Gasteiger partial charge is 0.350 e. The van der Waals surface area contributed by atoms with E-state index in [0.717, 1.165) is 19.6 Å². The lowest BCUT2D eigenvalue weighted by atomic mass is 10.3. The number of rotatable bonds is 6. The second-order valence-corrected chi connectivity index (χ2v) is 3.76. The second kappa shape index (κ2) is 6.37. The lowest BCUT2D eigenvalue weighted by molar-refractivity contribution is 0.294. The molecule has 1 rings (SSSR count). The van der Waals surface area contributed by atoms with Crippen LogP contribution in [-0.4, -0.2) is 40.5 Å². The van der Waals surface area contributed by atoms with E-state index in [4.69, 9.17) is 0 Å². The number of halogens is 1. The molecule has 0 fully saturated rings. The Morgan fingerprint density at radius 2 is 1.88 bits per heavy atom. The Morgan fingerprint density at radius 1 is 1.31 bits per heavy atom. The molecule has 0 aliphatic heterocycles. The maximum absolute atomic E-state index is 12.6. The smallest absolute Gasteiger partial charge is 0.223 e. The number of likely N-dealkylation sites (N-methyl/N-ethyl adjacent to an activating group) is 1. The van der Waals surface area contributed by atoms with Crippen LogP contribution in [0.25, 0.3) is 0 Å². The summed E-state index contributed by atoms with van der Waals surface area (Å²) in [5.74, 6) is 0.0583. The summed E-state index contributed by atoms with van der Waals surface area (Å²) < 4.78 is 12.6. The summed E-state index contributed by atoms with van der Waals surface area (Å²) in [7, 11) is 0. The van der Waals surface area contributed by atoms with Gasteiger partial charge in [0.1, 0.15) is 0 Å². The highest BCUT2D eigenvalue weighted by Crippen LogP contribution is 2.02. The molecule has 1 aromatic heterocycles. The molecule has 1 aromatic rings. The third kappa shape index (κ3) is 4.10. The second-order valence-electron chi connectivity index (χ2n) is 3.76. The average molecular weight is 226 g/mol. The van der Waals surface area contributed by atoms with Gasteiger partial charge in [-0.3, -0.25) is 0 Å². The van der Waals surface area contributed by atoms with Crippen molar-refractivity contribution < 1.29 is 4.39 Å². The summed E-state index contributed by atoms with van der Waals surface area (Å²) >= 11 is 0. The third-order valence-corrected chi connectivity index (χ3v) is 2.42. The van der Waals surface area contributed by atoms with Crippen molar-refractivity contribution in [2.75, 3.05) is 25.0 Å². The van der Waals surface area contributed by atoms with Crippen molar-refractivity contribution in [3.05, 3.63) is 18.2 Å². The predicted octanol–water partition coefficient (Wildman–Crippen LogP) is 1.76. The van der Waals surface area contributed by atoms with Gasteiger partial charge in [0, 0.05) is 12.6 Å². The van der Waals surface area contributed by atoms with Crippen molar-refractivity contribution in [2.45, 2.75) is 26.8 Å². The zero-order chi connectivity index (χ0) is 12.0. The molecule has 1 atom stereocenters. The fourth-order valence-electron chi connectivity index (χ4n) is 1.52. The van der Waals surface area contributed by atoms with Crippen LogP contribution in [0.5, 0.6) is 0 Å². The maximum atomic E-state index is 12.6. The van der Waals surface area contributed by atoms with Crippen LogP contribution in [0.1, 0.15) is 20.8 Å². The van der Waals surface area contributed by atoms with Gasteiger partial charge >= 0.3 is 0 Å². The Bertz CT molecular complexity index is 297. The summed E-state index contributed by atoms with van der Waals surface area (Å²) in [5.41, 5.74) is 0. The molecule has 0 spiro atoms. The zero-order valence-electron chi connectivity index (χ0n) is 10.1. The van der Waals surface area contributed by atoms with E-state index in [2.05, 4.69) is 41.0 Å². The van der Waals surface area contributed by atoms with Gasteiger partial charge in [-0.2, -0.15) is 0 Å². The highest BCUT2D eigenvalue weighted by molar-refractivity contribution is 5.24. The highest BCUT2D eigenvalue weighted by Gasteiger charge is 2.08. The van der Waals surface area contributed by atoms with Crippen LogP contribution in [0.4, 0.5) is 10.3 Å². The minimum absolute atomic E-state index is 0.241. The third-order valence-electron chi connectivity index (χ3n) is 2.42. The Morgan fingerprint density at radius 3 is 2.38 bits per heavy atom. The molecule has 90 valence electrons. The van der Waals surface area contributed by atoms with Crippen molar-refractivity contribution in [3.63, 3.8) is 0 Å². The Labute approximate surface area is 95.9 Å². The number of nitrogens with one attached hydrogen (secondary N) is 1. The first-order chi connectivity index (χ1) is 7.65. The van der Waals surface area contributed by atoms with Crippen LogP contribution in [0.3, 0.4) is 0 Å². The average Bonchev–Trinajstić information content (AvgIpc) is 2.29. The van der Waals surface area contributed by atoms with Crippen molar-refractivity contribution >= 4 is 5.95 Å². The lowest BCUT2D eigenvalue weighted by Crippen LogP contribution is -2.35. The molecule has 1 heterocycles. The van der Waals surface area contributed by atoms with E-state index in [9.17, 15) is 4.39 Å². The Kier molecular flexibility index (Phi) is 5.11. The van der Waals surface area contributed by atoms with E-state index in [1.165, 1.54) is 12.4 Å². The molecule has 0 amide bonds. The van der Waals surface area contributed by atoms with Crippen molar-refractivity contribution in [3.8, 4) is 0 Å². The predicted molar refractivity (Wildman–Crippen MR) is 62.9 cm³/mol. The van der Waals surface area contributed by atoms with Crippen LogP contribution in [0.15, 0.2) is 12.4 Å². The zero-order valence-corrected chi connectivity index (χ0v) is 10.1. The van der Waals surface area contributed by atoms with Gasteiger partial charge in [-0.05, 0) is 20.0 Å². The van der Waals surface area contributed by atoms with Gasteiger partial charge in [-0.15, -0.1) is 0 Å². The lowest BCUT2D eigenvalue weighted by Gasteiger charge is -2.23. The molecule has 0 aliphatic carbocycles. The Hall–Kier alpha value is -1.23. The van der Waals surface area contributed by atoms with Crippen LogP contribution in [-0.2, 0) is 0 Å². The Balaban J connectivity index is 2.44. The van der Waals surface area contributed by atoms with Crippen LogP contribution < -0.4 is 5.32 Å². The van der Waals surface area contributed by atoms with Crippen LogP contribution in [0, 0.1) is 5.82 Å². The van der Waals surface area contributed by atoms with E-state index in [1.54, 1.807) is 0 Å². The van der Waals surface area contributed by atoms with Gasteiger partial charge in [0.25, 0.3) is 0 Å². The minimum atomic E-state index is -0.415. The topological polar surface area (TPSA) is 41.0 Å². The van der Waals surface area contributed by atoms with Crippen LogP contribution >= 0.6 is 0 Å². The first-order valence-electron chi connectivity index (χ1n) is 5.62. The van der Waals surface area contributed by atoms with Gasteiger partial charge in [-0.1, -0.05) is 13.8 Å². The molecule has 0 radical (unpaired) electrons. The fourth-order valence-corrected chi connectivity index (χ4v) is 1.52. The molecule has 16 heavy (non-hydrogen) atoms. The summed E-state index contributed by atoms with van der Waals surface area (Å²) in [6.45, 7) is 9.29. The summed E-state index contributed by atoms with van der Waals surface area (Å²) in [6, 6.07) is 0.241. The molecule has 1 unspecified atom stereocenters. The van der Waals surface area contributed by atoms with Crippen LogP contribution in [0.2, 0.25) is 0 Å². The normalized spacial score (nSPS) is 12.8. The molecule has 0 aromatic carbocycles. The van der Waals surface area contributed by atoms with Gasteiger partial charge < -0.3 is 10.2 Å². The molecular formula is C11H19FN4. The fraction of sp³-hybridized carbons (Fsp3) is 0.636. The van der Waals surface area contributed by atoms with Crippen molar-refractivity contribution in [1.29, 1.82) is 0 Å². The maximum Gasteiger partial charge on any atom is 0.223 e. The summed E-state index contributed by atoms with van der Waals surface area (Å²) in [4.78, 5) is 10.0. The van der Waals surface area contributed by atoms with E-state index >= 15 is 0 Å². The van der Waals surface area contributed by atoms with Crippen molar-refractivity contribution in [1.82, 2.24) is 14.9 Å². The number of aromatic nitrogens is 2. The molecule has 0 aliphatic rings. The van der Waals surface area contributed by atoms with Crippen molar-refractivity contribution in [2.24, 2.45) is 0 Å². The molecule has 0 saturated heterocycles. The quantitative estimate of drug-likeness (QED) is 0.802. The molecule has 5 heteroatoms. The summed E-state index contributed by atoms with van der Waals surface area (Å²) in [5, 5.41) is 3.14. The highest BCUT2D eigenvalue weighted by atomic mass is 19.1. The van der Waals surface area contributed by atoms with E-state index < -0.39 is 5.82 Å². The molecule has 4 nitrogen and oxygen atoms in total. The van der Waals surface area contributed by atoms with Gasteiger partial charge in [0.05, 0.1) is 12.4 Å². The standard InChI is InChI=1S/C11H19FN4/c1-4-16(5-2)8-9(3)15-11-13-6-10(12)7-14-11/h6-7,9H,4-5,8H2,1-3H3,(H,13,14,15). The molecule has 0 saturated carbocycles. The number of hydrogen-bond donors (Lipinski definition) is 1. The SMILES string of the molecule is CCN(CC)CC(C)Nc1ncc(F)cn1. The number of nitrogens with zero attached hydrogens (tertiary/aromatic N) is 3. The number of hydrogen-bond acceptors (Lipinski definition) is 4.